The van der Waals surface area contributed by atoms with Crippen molar-refractivity contribution in [2.24, 2.45) is 0 Å². The molecule has 17 nitrogen and oxygen atoms in total. The van der Waals surface area contributed by atoms with Gasteiger partial charge in [-0.25, -0.2) is 9.13 Å². The van der Waals surface area contributed by atoms with Crippen molar-refractivity contribution in [1.29, 1.82) is 0 Å². The van der Waals surface area contributed by atoms with Gasteiger partial charge in [0.15, 0.2) is 12.2 Å². The van der Waals surface area contributed by atoms with E-state index in [1.807, 2.05) is 18.2 Å². The van der Waals surface area contributed by atoms with Gasteiger partial charge >= 0.3 is 39.5 Å². The van der Waals surface area contributed by atoms with Crippen molar-refractivity contribution in [3.8, 4) is 0 Å². The lowest BCUT2D eigenvalue weighted by atomic mass is 10.0. The topological polar surface area (TPSA) is 237 Å². The van der Waals surface area contributed by atoms with Crippen molar-refractivity contribution < 1.29 is 80.2 Å². The van der Waals surface area contributed by atoms with E-state index in [2.05, 4.69) is 131 Å². The molecule has 0 aromatic heterocycles. The Kier molecular flexibility index (Phi) is 71.4. The molecular weight excluding hydrogens is 1330 g/mol. The maximum absolute atomic E-state index is 13.1. The first kappa shape index (κ1) is 97.5. The van der Waals surface area contributed by atoms with E-state index in [4.69, 9.17) is 37.0 Å². The number of unbranched alkanes of at least 4 members (excludes halogenated alkanes) is 28. The minimum atomic E-state index is -5.00. The first-order valence-electron chi connectivity index (χ1n) is 39.8. The van der Waals surface area contributed by atoms with Crippen LogP contribution in [0.3, 0.4) is 0 Å². The molecule has 0 aliphatic heterocycles. The summed E-state index contributed by atoms with van der Waals surface area (Å²) in [6.07, 6.45) is 81.9. The molecule has 5 atom stereocenters. The molecule has 0 aromatic carbocycles. The third kappa shape index (κ3) is 73.8. The lowest BCUT2D eigenvalue weighted by molar-refractivity contribution is -0.161. The summed E-state index contributed by atoms with van der Waals surface area (Å²) in [4.78, 5) is 72.9. The van der Waals surface area contributed by atoms with Gasteiger partial charge in [0.25, 0.3) is 0 Å². The molecule has 0 saturated heterocycles. The van der Waals surface area contributed by atoms with Crippen LogP contribution in [0.5, 0.6) is 0 Å². The van der Waals surface area contributed by atoms with Crippen molar-refractivity contribution in [2.45, 2.75) is 341 Å². The maximum Gasteiger partial charge on any atom is 0.472 e. The molecule has 0 amide bonds. The van der Waals surface area contributed by atoms with Crippen molar-refractivity contribution in [1.82, 2.24) is 0 Å². The van der Waals surface area contributed by atoms with E-state index in [0.29, 0.717) is 32.1 Å². The fourth-order valence-electron chi connectivity index (χ4n) is 10.4. The van der Waals surface area contributed by atoms with Crippen molar-refractivity contribution in [2.75, 3.05) is 39.6 Å². The standard InChI is InChI=1S/C83H142O17P2/c1-5-9-13-17-21-25-29-33-36-37-38-39-42-46-50-54-58-62-66-70-83(88)100-79(74-94-81(86)68-64-60-56-52-48-44-40-34-30-26-22-18-14-10-6-2)76-98-102(91,92)96-72-77(84)71-95-101(89,90)97-75-78(73-93-80(85)67-63-59-55-51-47-43-32-28-24-20-16-12-8-4)99-82(87)69-65-61-57-53-49-45-41-35-31-27-23-19-15-11-7-3/h9,13,21-23,25-27,33-36,38-41,46,50,58,62,77-79,84H,5-8,10-12,14-20,24,28-32,37,42-45,47-49,51-57,59-61,63-76H2,1-4H3,(H,89,90)(H,91,92)/b13-9-,25-21-,26-22-,27-23-,36-33-,39-38-,40-34-,41-35-,50-46-,62-58-/t77-,78+,79+/m0/s1. The van der Waals surface area contributed by atoms with Crippen molar-refractivity contribution >= 4 is 39.5 Å². The number of aliphatic hydroxyl groups excluding tert-OH is 1. The van der Waals surface area contributed by atoms with Crippen LogP contribution < -0.4 is 0 Å². The predicted molar refractivity (Wildman–Crippen MR) is 418 cm³/mol. The molecule has 2 unspecified atom stereocenters. The number of rotatable bonds is 74. The average molecular weight is 1470 g/mol. The summed E-state index contributed by atoms with van der Waals surface area (Å²) < 4.78 is 68.5. The highest BCUT2D eigenvalue weighted by molar-refractivity contribution is 7.47. The van der Waals surface area contributed by atoms with Gasteiger partial charge in [-0.3, -0.25) is 37.3 Å². The third-order valence-electron chi connectivity index (χ3n) is 16.4. The van der Waals surface area contributed by atoms with E-state index in [9.17, 15) is 43.2 Å². The van der Waals surface area contributed by atoms with E-state index < -0.39 is 97.5 Å². The number of aliphatic hydroxyl groups is 1. The zero-order valence-electron chi connectivity index (χ0n) is 64.0. The molecule has 0 spiro atoms. The van der Waals surface area contributed by atoms with Crippen molar-refractivity contribution in [3.63, 3.8) is 0 Å². The van der Waals surface area contributed by atoms with Gasteiger partial charge in [-0.2, -0.15) is 0 Å². The second-order valence-corrected chi connectivity index (χ2v) is 29.2. The Labute approximate surface area is 619 Å². The summed E-state index contributed by atoms with van der Waals surface area (Å²) in [6, 6.07) is 0. The van der Waals surface area contributed by atoms with E-state index in [0.717, 1.165) is 141 Å². The highest BCUT2D eigenvalue weighted by atomic mass is 31.2. The Morgan fingerprint density at radius 2 is 0.529 bits per heavy atom. The zero-order chi connectivity index (χ0) is 74.6. The number of hydrogen-bond donors (Lipinski definition) is 3. The van der Waals surface area contributed by atoms with Crippen LogP contribution in [0.2, 0.25) is 0 Å². The minimum Gasteiger partial charge on any atom is -0.462 e. The van der Waals surface area contributed by atoms with Gasteiger partial charge in [0, 0.05) is 25.7 Å². The number of phosphoric acid groups is 2. The van der Waals surface area contributed by atoms with Crippen LogP contribution in [-0.4, -0.2) is 96.7 Å². The van der Waals surface area contributed by atoms with Gasteiger partial charge in [0.05, 0.1) is 26.4 Å². The molecule has 586 valence electrons. The predicted octanol–water partition coefficient (Wildman–Crippen LogP) is 23.1. The van der Waals surface area contributed by atoms with Crippen molar-refractivity contribution in [3.05, 3.63) is 122 Å². The lowest BCUT2D eigenvalue weighted by Crippen LogP contribution is -2.30. The molecule has 0 radical (unpaired) electrons. The Morgan fingerprint density at radius 1 is 0.284 bits per heavy atom. The van der Waals surface area contributed by atoms with Crippen LogP contribution in [0.25, 0.3) is 0 Å². The largest absolute Gasteiger partial charge is 0.472 e. The number of carbonyl (C=O) groups excluding carboxylic acids is 4. The molecule has 19 heteroatoms. The number of carbonyl (C=O) groups is 4. The van der Waals surface area contributed by atoms with Crippen LogP contribution in [0.15, 0.2) is 122 Å². The van der Waals surface area contributed by atoms with Gasteiger partial charge in [0.2, 0.25) is 0 Å². The second-order valence-electron chi connectivity index (χ2n) is 26.3. The molecular formula is C83H142O17P2. The SMILES string of the molecule is CC/C=C\C/C=C\C/C=C\C/C=C\C/C=C\C/C=C\CCC(=O)O[C@H](COC(=O)CCCCCCC/C=C\C/C=C\CCCCC)COP(=O)(O)OC[C@@H](O)COP(=O)(O)OC[C@@H](COC(=O)CCCCCCCCCCCCCCC)OC(=O)CCCCCCC/C=C\C/C=C\CCCCC. The smallest absolute Gasteiger partial charge is 0.462 e. The molecule has 0 aliphatic rings. The highest BCUT2D eigenvalue weighted by Gasteiger charge is 2.30. The lowest BCUT2D eigenvalue weighted by Gasteiger charge is -2.21. The Balaban J connectivity index is 5.45. The summed E-state index contributed by atoms with van der Waals surface area (Å²) in [5, 5.41) is 10.6. The fraction of sp³-hybridized carbons (Fsp3) is 0.711. The average Bonchev–Trinajstić information content (AvgIpc) is 1.21. The molecule has 0 fully saturated rings. The first-order chi connectivity index (χ1) is 49.7. The molecule has 0 aromatic rings. The minimum absolute atomic E-state index is 0.0354. The third-order valence-corrected chi connectivity index (χ3v) is 18.3. The summed E-state index contributed by atoms with van der Waals surface area (Å²) in [7, 11) is -9.99. The summed E-state index contributed by atoms with van der Waals surface area (Å²) in [5.74, 6) is -2.29. The fourth-order valence-corrected chi connectivity index (χ4v) is 11.9. The van der Waals surface area contributed by atoms with E-state index in [1.165, 1.54) is 96.3 Å². The molecule has 102 heavy (non-hydrogen) atoms. The van der Waals surface area contributed by atoms with Gasteiger partial charge < -0.3 is 33.8 Å². The monoisotopic (exact) mass is 1470 g/mol. The van der Waals surface area contributed by atoms with Gasteiger partial charge in [0.1, 0.15) is 19.3 Å². The molecule has 0 heterocycles. The number of allylic oxidation sites excluding steroid dienone is 20. The second kappa shape index (κ2) is 74.7. The molecule has 0 aliphatic carbocycles. The number of esters is 4. The van der Waals surface area contributed by atoms with E-state index in [1.54, 1.807) is 0 Å². The van der Waals surface area contributed by atoms with Gasteiger partial charge in [-0.05, 0) is 128 Å². The number of hydrogen-bond acceptors (Lipinski definition) is 15. The molecule has 0 saturated carbocycles. The normalized spacial score (nSPS) is 14.5. The maximum atomic E-state index is 13.1. The van der Waals surface area contributed by atoms with Crippen LogP contribution >= 0.6 is 15.6 Å². The zero-order valence-corrected chi connectivity index (χ0v) is 65.8. The Hall–Kier alpha value is -4.54. The van der Waals surface area contributed by atoms with Gasteiger partial charge in [-0.15, -0.1) is 0 Å². The first-order valence-corrected chi connectivity index (χ1v) is 42.8. The summed E-state index contributed by atoms with van der Waals surface area (Å²) >= 11 is 0. The van der Waals surface area contributed by atoms with Crippen LogP contribution in [0, 0.1) is 0 Å². The summed E-state index contributed by atoms with van der Waals surface area (Å²) in [5.41, 5.74) is 0. The van der Waals surface area contributed by atoms with Crippen LogP contribution in [0.4, 0.5) is 0 Å². The number of ether oxygens (including phenoxy) is 4. The van der Waals surface area contributed by atoms with Crippen LogP contribution in [-0.2, 0) is 65.4 Å². The Bertz CT molecular complexity index is 2410. The highest BCUT2D eigenvalue weighted by Crippen LogP contribution is 2.45. The molecule has 0 bridgehead atoms. The quantitative estimate of drug-likeness (QED) is 0.0169. The van der Waals surface area contributed by atoms with Gasteiger partial charge in [-0.1, -0.05) is 290 Å². The Morgan fingerprint density at radius 3 is 0.863 bits per heavy atom. The molecule has 3 N–H and O–H groups in total. The van der Waals surface area contributed by atoms with Crippen LogP contribution in [0.1, 0.15) is 323 Å². The van der Waals surface area contributed by atoms with E-state index in [-0.39, 0.29) is 25.7 Å². The molecule has 0 rings (SSSR count). The number of phosphoric ester groups is 2. The summed E-state index contributed by atoms with van der Waals surface area (Å²) in [6.45, 7) is 4.61. The van der Waals surface area contributed by atoms with E-state index >= 15 is 0 Å².